The fourth-order valence-electron chi connectivity index (χ4n) is 10.5. The monoisotopic (exact) mass is 685 g/mol. The molecule has 5 rings (SSSR count). The van der Waals surface area contributed by atoms with Crippen LogP contribution in [0.2, 0.25) is 0 Å². The lowest BCUT2D eigenvalue weighted by Crippen LogP contribution is -2.58. The molecule has 0 heterocycles. The molecule has 11 heteroatoms. The molecule has 4 saturated carbocycles. The number of rotatable bonds is 14. The van der Waals surface area contributed by atoms with E-state index >= 15 is 0 Å². The molecule has 0 radical (unpaired) electrons. The van der Waals surface area contributed by atoms with Crippen LogP contribution in [0.1, 0.15) is 103 Å². The van der Waals surface area contributed by atoms with Crippen molar-refractivity contribution in [3.8, 4) is 11.5 Å². The summed E-state index contributed by atoms with van der Waals surface area (Å²) in [5, 5.41) is 31.2. The molecule has 0 aliphatic heterocycles. The zero-order valence-electron chi connectivity index (χ0n) is 29.5. The highest BCUT2D eigenvalue weighted by atomic mass is 16.9. The minimum atomic E-state index is -0.853. The van der Waals surface area contributed by atoms with Crippen LogP contribution in [-0.2, 0) is 19.2 Å². The zero-order valence-corrected chi connectivity index (χ0v) is 29.5. The lowest BCUT2D eigenvalue weighted by Gasteiger charge is -2.62. The van der Waals surface area contributed by atoms with E-state index in [0.29, 0.717) is 71.8 Å². The minimum absolute atomic E-state index is 0.0447. The van der Waals surface area contributed by atoms with E-state index in [-0.39, 0.29) is 42.2 Å². The van der Waals surface area contributed by atoms with E-state index in [9.17, 15) is 29.9 Å². The zero-order chi connectivity index (χ0) is 35.3. The van der Waals surface area contributed by atoms with Gasteiger partial charge in [-0.2, -0.15) is 0 Å². The van der Waals surface area contributed by atoms with Crippen LogP contribution in [0.25, 0.3) is 6.08 Å². The Morgan fingerprint density at radius 3 is 2.51 bits per heavy atom. The van der Waals surface area contributed by atoms with Crippen LogP contribution in [0, 0.1) is 56.5 Å². The summed E-state index contributed by atoms with van der Waals surface area (Å²) < 4.78 is 16.3. The van der Waals surface area contributed by atoms with Crippen molar-refractivity contribution in [2.45, 2.75) is 110 Å². The third-order valence-electron chi connectivity index (χ3n) is 13.0. The van der Waals surface area contributed by atoms with Crippen molar-refractivity contribution in [1.82, 2.24) is 0 Å². The number of unbranched alkanes of at least 4 members (excludes halogenated alkanes) is 1. The highest BCUT2D eigenvalue weighted by Gasteiger charge is 2.62. The predicted molar refractivity (Wildman–Crippen MR) is 182 cm³/mol. The van der Waals surface area contributed by atoms with Crippen LogP contribution < -0.4 is 9.47 Å². The average Bonchev–Trinajstić information content (AvgIpc) is 3.42. The van der Waals surface area contributed by atoms with Crippen LogP contribution >= 0.6 is 0 Å². The molecule has 4 aliphatic carbocycles. The number of aliphatic hydroxyl groups excluding tert-OH is 2. The van der Waals surface area contributed by atoms with Crippen molar-refractivity contribution in [3.05, 3.63) is 40.0 Å². The van der Waals surface area contributed by atoms with Gasteiger partial charge in [0.2, 0.25) is 0 Å². The van der Waals surface area contributed by atoms with Crippen LogP contribution in [-0.4, -0.2) is 59.8 Å². The van der Waals surface area contributed by atoms with Gasteiger partial charge < -0.3 is 29.3 Å². The second-order valence-electron chi connectivity index (χ2n) is 15.6. The molecule has 49 heavy (non-hydrogen) atoms. The summed E-state index contributed by atoms with van der Waals surface area (Å²) in [6.07, 6.45) is 12.3. The van der Waals surface area contributed by atoms with Crippen molar-refractivity contribution in [1.29, 1.82) is 0 Å². The van der Waals surface area contributed by atoms with Gasteiger partial charge in [-0.3, -0.25) is 4.79 Å². The summed E-state index contributed by atoms with van der Waals surface area (Å²) in [5.41, 5.74) is 1.02. The molecule has 0 amide bonds. The minimum Gasteiger partial charge on any atom is -0.493 e. The molecule has 0 spiro atoms. The van der Waals surface area contributed by atoms with Crippen molar-refractivity contribution in [3.63, 3.8) is 0 Å². The van der Waals surface area contributed by atoms with E-state index in [1.807, 2.05) is 0 Å². The number of hydrogen-bond acceptors (Lipinski definition) is 10. The Bertz CT molecular complexity index is 1370. The number of hydrogen-bond donors (Lipinski definition) is 2. The van der Waals surface area contributed by atoms with Gasteiger partial charge in [0, 0.05) is 12.5 Å². The van der Waals surface area contributed by atoms with Crippen LogP contribution in [0.5, 0.6) is 11.5 Å². The molecule has 11 nitrogen and oxygen atoms in total. The number of fused-ring (bicyclic) bond motifs is 5. The number of carbonyl (C=O) groups excluding carboxylic acids is 2. The number of carbonyl (C=O) groups is 2. The fourth-order valence-corrected chi connectivity index (χ4v) is 10.5. The van der Waals surface area contributed by atoms with Crippen molar-refractivity contribution < 1.29 is 43.9 Å². The first-order chi connectivity index (χ1) is 23.4. The first-order valence-corrected chi connectivity index (χ1v) is 18.2. The van der Waals surface area contributed by atoms with Gasteiger partial charge in [-0.15, -0.1) is 10.1 Å². The quantitative estimate of drug-likeness (QED) is 0.0550. The van der Waals surface area contributed by atoms with Crippen LogP contribution in [0.3, 0.4) is 0 Å². The average molecular weight is 686 g/mol. The number of methoxy groups -OCH3 is 1. The lowest BCUT2D eigenvalue weighted by molar-refractivity contribution is -0.757. The maximum absolute atomic E-state index is 13.0. The molecule has 4 fully saturated rings. The topological polar surface area (TPSA) is 155 Å². The molecular formula is C38H55NO10. The molecule has 1 aromatic rings. The number of esters is 2. The lowest BCUT2D eigenvalue weighted by atomic mass is 9.43. The number of aliphatic hydroxyl groups is 2. The van der Waals surface area contributed by atoms with E-state index in [1.165, 1.54) is 13.2 Å². The van der Waals surface area contributed by atoms with E-state index in [4.69, 9.17) is 14.2 Å². The molecule has 10 atom stereocenters. The third-order valence-corrected chi connectivity index (χ3v) is 13.0. The van der Waals surface area contributed by atoms with Gasteiger partial charge in [0.15, 0.2) is 11.5 Å². The fraction of sp³-hybridized carbons (Fsp3) is 0.737. The molecule has 0 saturated heterocycles. The smallest absolute Gasteiger partial charge is 0.330 e. The SMILES string of the molecule is COc1cc(/C=C/C(=O)OCCCCO[N+](=O)[O-])ccc1OC(=O)CC[C@@H](C)[C@H]1CCC2C3C(CC[C@@]21C)[C@@]1(C)CC[C@@H](O)C[C@H]1C[C@@H]3O. The number of benzene rings is 1. The molecule has 1 aromatic carbocycles. The van der Waals surface area contributed by atoms with E-state index in [1.54, 1.807) is 24.3 Å². The van der Waals surface area contributed by atoms with Gasteiger partial charge in [0.05, 0.1) is 32.5 Å². The molecule has 4 aliphatic rings. The molecule has 2 N–H and O–H groups in total. The molecule has 0 aromatic heterocycles. The summed E-state index contributed by atoms with van der Waals surface area (Å²) in [4.78, 5) is 39.4. The second-order valence-corrected chi connectivity index (χ2v) is 15.6. The Kier molecular flexibility index (Phi) is 12.0. The standard InChI is InChI=1S/C38H55NO10/c1-24(28-10-11-29-36-30(16-18-38(28,29)3)37(2)17-15-27(40)22-26(37)23-31(36)41)7-13-35(43)49-32-12-8-25(21-33(32)46-4)9-14-34(42)47-19-5-6-20-48-39(44)45/h8-9,12,14,21,24,26-31,36,40-41H,5-7,10-11,13,15-20,22-23H2,1-4H3/b14-9+/t24-,26+,27-,28-,29?,30?,31+,36?,37+,38-/m1/s1. The van der Waals surface area contributed by atoms with Crippen LogP contribution in [0.15, 0.2) is 24.3 Å². The predicted octanol–water partition coefficient (Wildman–Crippen LogP) is 6.55. The van der Waals surface area contributed by atoms with Crippen molar-refractivity contribution in [2.75, 3.05) is 20.3 Å². The van der Waals surface area contributed by atoms with Gasteiger partial charge in [0.25, 0.3) is 5.09 Å². The maximum atomic E-state index is 13.0. The van der Waals surface area contributed by atoms with Crippen molar-refractivity contribution in [2.24, 2.45) is 46.3 Å². The largest absolute Gasteiger partial charge is 0.493 e. The van der Waals surface area contributed by atoms with E-state index in [2.05, 4.69) is 25.6 Å². The Balaban J connectivity index is 1.11. The molecule has 272 valence electrons. The second kappa shape index (κ2) is 15.8. The van der Waals surface area contributed by atoms with Gasteiger partial charge in [0.1, 0.15) is 0 Å². The number of ether oxygens (including phenoxy) is 3. The summed E-state index contributed by atoms with van der Waals surface area (Å²) in [5.74, 6) is 2.41. The Morgan fingerprint density at radius 1 is 1.02 bits per heavy atom. The van der Waals surface area contributed by atoms with Gasteiger partial charge in [-0.05, 0) is 141 Å². The summed E-state index contributed by atoms with van der Waals surface area (Å²) in [7, 11) is 1.49. The van der Waals surface area contributed by atoms with Crippen molar-refractivity contribution >= 4 is 18.0 Å². The third kappa shape index (κ3) is 8.25. The molecule has 0 bridgehead atoms. The van der Waals surface area contributed by atoms with Gasteiger partial charge in [-0.25, -0.2) is 4.79 Å². The highest BCUT2D eigenvalue weighted by Crippen LogP contribution is 2.68. The van der Waals surface area contributed by atoms with Gasteiger partial charge >= 0.3 is 11.9 Å². The molecular weight excluding hydrogens is 630 g/mol. The van der Waals surface area contributed by atoms with E-state index < -0.39 is 11.1 Å². The first kappa shape index (κ1) is 37.1. The first-order valence-electron chi connectivity index (χ1n) is 18.2. The normalized spacial score (nSPS) is 34.3. The Morgan fingerprint density at radius 2 is 1.76 bits per heavy atom. The van der Waals surface area contributed by atoms with E-state index in [0.717, 1.165) is 57.8 Å². The molecule has 3 unspecified atom stereocenters. The Labute approximate surface area is 289 Å². The van der Waals surface area contributed by atoms with Gasteiger partial charge in [-0.1, -0.05) is 26.8 Å². The summed E-state index contributed by atoms with van der Waals surface area (Å²) in [6.45, 7) is 7.24. The number of nitrogens with zero attached hydrogens (tertiary/aromatic N) is 1. The summed E-state index contributed by atoms with van der Waals surface area (Å²) in [6, 6.07) is 5.05. The maximum Gasteiger partial charge on any atom is 0.330 e. The van der Waals surface area contributed by atoms with Crippen LogP contribution in [0.4, 0.5) is 0 Å². The summed E-state index contributed by atoms with van der Waals surface area (Å²) >= 11 is 0. The highest BCUT2D eigenvalue weighted by molar-refractivity contribution is 5.87. The Hall–Kier alpha value is -3.18.